The lowest BCUT2D eigenvalue weighted by Crippen LogP contribution is -2.42. The van der Waals surface area contributed by atoms with Gasteiger partial charge in [0.25, 0.3) is 0 Å². The molecule has 1 aromatic rings. The molecule has 0 aliphatic heterocycles. The highest BCUT2D eigenvalue weighted by molar-refractivity contribution is 7.92. The van der Waals surface area contributed by atoms with Crippen LogP contribution in [-0.4, -0.2) is 25.6 Å². The van der Waals surface area contributed by atoms with Crippen LogP contribution < -0.4 is 11.1 Å². The number of sulfone groups is 1. The Bertz CT molecular complexity index is 624. The lowest BCUT2D eigenvalue weighted by Gasteiger charge is -2.17. The summed E-state index contributed by atoms with van der Waals surface area (Å²) < 4.78 is 51.9. The third-order valence-electron chi connectivity index (χ3n) is 3.14. The molecule has 0 aliphatic carbocycles. The highest BCUT2D eigenvalue weighted by atomic mass is 32.2. The molecule has 1 rings (SSSR count). The van der Waals surface area contributed by atoms with E-state index < -0.39 is 37.5 Å². The first-order valence-corrected chi connectivity index (χ1v) is 7.94. The number of anilines is 1. The SMILES string of the molecule is CCC(C)NC(=O)C(C)S(=O)(=O)c1c(F)cc(N)cc1F. The fourth-order valence-corrected chi connectivity index (χ4v) is 3.00. The summed E-state index contributed by atoms with van der Waals surface area (Å²) >= 11 is 0. The Morgan fingerprint density at radius 3 is 2.19 bits per heavy atom. The Balaban J connectivity index is 3.20. The second-order valence-corrected chi connectivity index (χ2v) is 7.02. The molecule has 0 spiro atoms. The molecule has 2 unspecified atom stereocenters. The Morgan fingerprint density at radius 2 is 1.76 bits per heavy atom. The monoisotopic (exact) mass is 320 g/mol. The van der Waals surface area contributed by atoms with Gasteiger partial charge in [-0.3, -0.25) is 4.79 Å². The minimum atomic E-state index is -4.49. The van der Waals surface area contributed by atoms with Gasteiger partial charge in [0.1, 0.15) is 21.8 Å². The number of nitrogens with two attached hydrogens (primary N) is 1. The summed E-state index contributed by atoms with van der Waals surface area (Å²) in [4.78, 5) is 10.7. The highest BCUT2D eigenvalue weighted by Gasteiger charge is 2.35. The van der Waals surface area contributed by atoms with E-state index >= 15 is 0 Å². The number of nitrogens with one attached hydrogen (secondary N) is 1. The summed E-state index contributed by atoms with van der Waals surface area (Å²) in [6.07, 6.45) is 0.600. The van der Waals surface area contributed by atoms with E-state index in [2.05, 4.69) is 5.32 Å². The van der Waals surface area contributed by atoms with Crippen LogP contribution in [0.2, 0.25) is 0 Å². The summed E-state index contributed by atoms with van der Waals surface area (Å²) in [6.45, 7) is 4.59. The number of amides is 1. The molecule has 0 saturated heterocycles. The van der Waals surface area contributed by atoms with Gasteiger partial charge in [-0.05, 0) is 32.4 Å². The van der Waals surface area contributed by atoms with Crippen molar-refractivity contribution in [1.82, 2.24) is 5.32 Å². The fraction of sp³-hybridized carbons (Fsp3) is 0.462. The number of carbonyl (C=O) groups is 1. The Morgan fingerprint density at radius 1 is 1.29 bits per heavy atom. The summed E-state index contributed by atoms with van der Waals surface area (Å²) in [5, 5.41) is 0.856. The molecule has 3 N–H and O–H groups in total. The predicted molar refractivity (Wildman–Crippen MR) is 75.3 cm³/mol. The molecule has 1 amide bonds. The smallest absolute Gasteiger partial charge is 0.238 e. The zero-order valence-electron chi connectivity index (χ0n) is 12.0. The van der Waals surface area contributed by atoms with Crippen molar-refractivity contribution in [2.45, 2.75) is 43.4 Å². The van der Waals surface area contributed by atoms with Crippen LogP contribution in [0.15, 0.2) is 17.0 Å². The second kappa shape index (κ2) is 6.38. The number of benzene rings is 1. The minimum absolute atomic E-state index is 0.236. The maximum atomic E-state index is 13.7. The summed E-state index contributed by atoms with van der Waals surface area (Å²) in [7, 11) is -4.49. The first-order valence-electron chi connectivity index (χ1n) is 6.40. The minimum Gasteiger partial charge on any atom is -0.399 e. The number of hydrogen-bond donors (Lipinski definition) is 2. The predicted octanol–water partition coefficient (Wildman–Crippen LogP) is 1.62. The van der Waals surface area contributed by atoms with Crippen LogP contribution in [0.5, 0.6) is 0 Å². The zero-order valence-corrected chi connectivity index (χ0v) is 12.8. The summed E-state index contributed by atoms with van der Waals surface area (Å²) in [5.74, 6) is -3.42. The van der Waals surface area contributed by atoms with Gasteiger partial charge in [0.05, 0.1) is 0 Å². The second-order valence-electron chi connectivity index (χ2n) is 4.82. The molecule has 1 aromatic carbocycles. The van der Waals surface area contributed by atoms with Crippen molar-refractivity contribution >= 4 is 21.4 Å². The number of carbonyl (C=O) groups excluding carboxylic acids is 1. The molecule has 0 fully saturated rings. The third kappa shape index (κ3) is 3.69. The molecule has 5 nitrogen and oxygen atoms in total. The molecular formula is C13H18F2N2O3S. The average Bonchev–Trinajstić information content (AvgIpc) is 2.35. The van der Waals surface area contributed by atoms with Crippen LogP contribution in [0.3, 0.4) is 0 Å². The molecule has 2 atom stereocenters. The molecule has 0 aromatic heterocycles. The lowest BCUT2D eigenvalue weighted by molar-refractivity contribution is -0.121. The first-order chi connectivity index (χ1) is 9.61. The topological polar surface area (TPSA) is 89.3 Å². The van der Waals surface area contributed by atoms with E-state index in [1.165, 1.54) is 0 Å². The Kier molecular flexibility index (Phi) is 5.27. The van der Waals surface area contributed by atoms with Crippen molar-refractivity contribution < 1.29 is 22.0 Å². The van der Waals surface area contributed by atoms with Gasteiger partial charge in [0.2, 0.25) is 5.91 Å². The Hall–Kier alpha value is -1.70. The van der Waals surface area contributed by atoms with Crippen LogP contribution >= 0.6 is 0 Å². The van der Waals surface area contributed by atoms with Gasteiger partial charge < -0.3 is 11.1 Å². The molecule has 8 heteroatoms. The van der Waals surface area contributed by atoms with Gasteiger partial charge in [0, 0.05) is 11.7 Å². The van der Waals surface area contributed by atoms with Gasteiger partial charge in [0.15, 0.2) is 9.84 Å². The van der Waals surface area contributed by atoms with E-state index in [0.29, 0.717) is 18.6 Å². The first kappa shape index (κ1) is 17.4. The maximum Gasteiger partial charge on any atom is 0.238 e. The van der Waals surface area contributed by atoms with E-state index in [-0.39, 0.29) is 11.7 Å². The average molecular weight is 320 g/mol. The van der Waals surface area contributed by atoms with Gasteiger partial charge in [-0.15, -0.1) is 0 Å². The number of hydrogen-bond acceptors (Lipinski definition) is 4. The van der Waals surface area contributed by atoms with Crippen molar-refractivity contribution in [2.75, 3.05) is 5.73 Å². The van der Waals surface area contributed by atoms with Crippen molar-refractivity contribution in [3.05, 3.63) is 23.8 Å². The van der Waals surface area contributed by atoms with E-state index in [9.17, 15) is 22.0 Å². The van der Waals surface area contributed by atoms with Crippen LogP contribution in [0.25, 0.3) is 0 Å². The summed E-state index contributed by atoms with van der Waals surface area (Å²) in [6, 6.07) is 1.17. The number of halogens is 2. The molecule has 0 heterocycles. The largest absolute Gasteiger partial charge is 0.399 e. The Labute approximate surface area is 122 Å². The molecule has 21 heavy (non-hydrogen) atoms. The quantitative estimate of drug-likeness (QED) is 0.807. The van der Waals surface area contributed by atoms with Crippen LogP contribution in [-0.2, 0) is 14.6 Å². The number of nitrogen functional groups attached to an aromatic ring is 1. The van der Waals surface area contributed by atoms with Crippen LogP contribution in [0, 0.1) is 11.6 Å². The molecular weight excluding hydrogens is 302 g/mol. The fourth-order valence-electron chi connectivity index (χ4n) is 1.63. The van der Waals surface area contributed by atoms with Gasteiger partial charge >= 0.3 is 0 Å². The maximum absolute atomic E-state index is 13.7. The van der Waals surface area contributed by atoms with Crippen molar-refractivity contribution in [3.63, 3.8) is 0 Å². The van der Waals surface area contributed by atoms with Gasteiger partial charge in [-0.25, -0.2) is 17.2 Å². The highest BCUT2D eigenvalue weighted by Crippen LogP contribution is 2.25. The van der Waals surface area contributed by atoms with Crippen LogP contribution in [0.4, 0.5) is 14.5 Å². The van der Waals surface area contributed by atoms with Crippen molar-refractivity contribution in [1.29, 1.82) is 0 Å². The molecule has 0 radical (unpaired) electrons. The van der Waals surface area contributed by atoms with E-state index in [0.717, 1.165) is 6.92 Å². The van der Waals surface area contributed by atoms with Gasteiger partial charge in [-0.1, -0.05) is 6.92 Å². The lowest BCUT2D eigenvalue weighted by atomic mass is 10.2. The molecule has 0 bridgehead atoms. The van der Waals surface area contributed by atoms with E-state index in [1.54, 1.807) is 6.92 Å². The zero-order chi connectivity index (χ0) is 16.4. The summed E-state index contributed by atoms with van der Waals surface area (Å²) in [5.41, 5.74) is 5.00. The molecule has 0 saturated carbocycles. The van der Waals surface area contributed by atoms with Crippen LogP contribution in [0.1, 0.15) is 27.2 Å². The van der Waals surface area contributed by atoms with Gasteiger partial charge in [-0.2, -0.15) is 0 Å². The molecule has 0 aliphatic rings. The molecule has 118 valence electrons. The van der Waals surface area contributed by atoms with E-state index in [4.69, 9.17) is 5.73 Å². The number of rotatable bonds is 5. The third-order valence-corrected chi connectivity index (χ3v) is 5.24. The standard InChI is InChI=1S/C13H18F2N2O3S/c1-4-7(2)17-13(18)8(3)21(19,20)12-10(14)5-9(16)6-11(12)15/h5-8H,4,16H2,1-3H3,(H,17,18). The van der Waals surface area contributed by atoms with E-state index in [1.807, 2.05) is 6.92 Å². The van der Waals surface area contributed by atoms with Crippen molar-refractivity contribution in [2.24, 2.45) is 0 Å². The van der Waals surface area contributed by atoms with Crippen molar-refractivity contribution in [3.8, 4) is 0 Å². The normalized spacial score (nSPS) is 14.5.